The van der Waals surface area contributed by atoms with Crippen molar-refractivity contribution in [3.05, 3.63) is 5.92 Å². The van der Waals surface area contributed by atoms with E-state index in [0.717, 1.165) is 5.92 Å². The lowest BCUT2D eigenvalue weighted by atomic mass is 9.91. The first-order valence-corrected chi connectivity index (χ1v) is 3.52. The molecule has 0 heteroatoms. The Balaban J connectivity index is 3.35. The third kappa shape index (κ3) is 2.34. The normalized spacial score (nSPS) is 11.2. The van der Waals surface area contributed by atoms with Crippen molar-refractivity contribution in [2.24, 2.45) is 5.92 Å². The lowest BCUT2D eigenvalue weighted by molar-refractivity contribution is 0.512. The van der Waals surface area contributed by atoms with E-state index in [1.54, 1.807) is 5.92 Å². The summed E-state index contributed by atoms with van der Waals surface area (Å²) in [7, 11) is 0. The zero-order valence-electron chi connectivity index (χ0n) is 6.49. The Morgan fingerprint density at radius 2 is 1.50 bits per heavy atom. The van der Waals surface area contributed by atoms with Gasteiger partial charge >= 0.3 is 0 Å². The minimum absolute atomic E-state index is 0.870. The fourth-order valence-corrected chi connectivity index (χ4v) is 1.11. The van der Waals surface area contributed by atoms with E-state index >= 15 is 0 Å². The Morgan fingerprint density at radius 1 is 1.12 bits per heavy atom. The monoisotopic (exact) mass is 113 g/mol. The van der Waals surface area contributed by atoms with Crippen LogP contribution in [0, 0.1) is 11.8 Å². The van der Waals surface area contributed by atoms with Crippen molar-refractivity contribution >= 4 is 0 Å². The Bertz CT molecular complexity index is 42.0. The minimum atomic E-state index is 0.870. The van der Waals surface area contributed by atoms with E-state index in [-0.39, 0.29) is 0 Å². The molecule has 50 valence electrons. The van der Waals surface area contributed by atoms with Crippen LogP contribution in [-0.2, 0) is 0 Å². The lowest BCUT2D eigenvalue weighted by Gasteiger charge is -2.29. The van der Waals surface area contributed by atoms with Crippen molar-refractivity contribution in [2.45, 2.75) is 40.5 Å². The smallest absolute Gasteiger partial charge is 0.0676 e. The third-order valence-electron chi connectivity index (χ3n) is 1.80. The van der Waals surface area contributed by atoms with Gasteiger partial charge < -0.3 is 5.92 Å². The van der Waals surface area contributed by atoms with Crippen LogP contribution in [0.25, 0.3) is 0 Å². The molecule has 0 atom stereocenters. The summed E-state index contributed by atoms with van der Waals surface area (Å²) >= 11 is 0. The molecule has 0 nitrogen and oxygen atoms in total. The number of hydrogen-bond donors (Lipinski definition) is 0. The Kier molecular flexibility index (Phi) is 3.94. The molecule has 0 saturated carbocycles. The van der Waals surface area contributed by atoms with Crippen LogP contribution in [0.2, 0.25) is 0 Å². The van der Waals surface area contributed by atoms with Crippen LogP contribution < -0.4 is 0 Å². The summed E-state index contributed by atoms with van der Waals surface area (Å²) in [5.41, 5.74) is 0. The van der Waals surface area contributed by atoms with Crippen LogP contribution in [0.3, 0.4) is 0 Å². The van der Waals surface area contributed by atoms with Crippen LogP contribution in [-0.4, -0.2) is 0 Å². The summed E-state index contributed by atoms with van der Waals surface area (Å²) in [6.07, 6.45) is 2.61. The van der Waals surface area contributed by atoms with Gasteiger partial charge in [-0.2, -0.15) is 19.8 Å². The molecule has 0 bridgehead atoms. The third-order valence-corrected chi connectivity index (χ3v) is 1.80. The van der Waals surface area contributed by atoms with Gasteiger partial charge in [0.1, 0.15) is 0 Å². The van der Waals surface area contributed by atoms with E-state index in [9.17, 15) is 0 Å². The maximum absolute atomic E-state index is 2.25. The standard InChI is InChI=1S/C8H17/c1-5-8(6-2)7(3)4/h8H,5-6H2,1-4H3/q-1. The van der Waals surface area contributed by atoms with Gasteiger partial charge in [0.2, 0.25) is 0 Å². The van der Waals surface area contributed by atoms with Gasteiger partial charge in [0.05, 0.1) is 0 Å². The Morgan fingerprint density at radius 3 is 1.50 bits per heavy atom. The van der Waals surface area contributed by atoms with E-state index in [0.29, 0.717) is 0 Å². The van der Waals surface area contributed by atoms with Crippen LogP contribution in [0.1, 0.15) is 40.5 Å². The summed E-state index contributed by atoms with van der Waals surface area (Å²) in [6.45, 7) is 8.94. The summed E-state index contributed by atoms with van der Waals surface area (Å²) in [6, 6.07) is 0. The highest BCUT2D eigenvalue weighted by Gasteiger charge is 1.93. The first-order chi connectivity index (χ1) is 3.72. The molecule has 0 aromatic heterocycles. The van der Waals surface area contributed by atoms with Gasteiger partial charge in [0.25, 0.3) is 0 Å². The van der Waals surface area contributed by atoms with E-state index in [1.807, 2.05) is 0 Å². The molecule has 0 aromatic carbocycles. The number of rotatable bonds is 3. The fourth-order valence-electron chi connectivity index (χ4n) is 1.11. The van der Waals surface area contributed by atoms with E-state index in [2.05, 4.69) is 27.7 Å². The summed E-state index contributed by atoms with van der Waals surface area (Å²) in [4.78, 5) is 0. The second-order valence-corrected chi connectivity index (χ2v) is 2.59. The molecular formula is C8H17-. The highest BCUT2D eigenvalue weighted by Crippen LogP contribution is 2.19. The van der Waals surface area contributed by atoms with Crippen molar-refractivity contribution < 1.29 is 0 Å². The van der Waals surface area contributed by atoms with Crippen molar-refractivity contribution in [1.82, 2.24) is 0 Å². The molecule has 0 radical (unpaired) electrons. The molecule has 0 rings (SSSR count). The quantitative estimate of drug-likeness (QED) is 0.493. The van der Waals surface area contributed by atoms with Gasteiger partial charge in [-0.1, -0.05) is 26.7 Å². The molecule has 0 spiro atoms. The van der Waals surface area contributed by atoms with Crippen LogP contribution in [0.5, 0.6) is 0 Å². The summed E-state index contributed by atoms with van der Waals surface area (Å²) in [5.74, 6) is 2.45. The second kappa shape index (κ2) is 3.94. The highest BCUT2D eigenvalue weighted by molar-refractivity contribution is 4.84. The molecule has 0 N–H and O–H groups in total. The average Bonchev–Trinajstić information content (AvgIpc) is 1.69. The molecule has 0 unspecified atom stereocenters. The topological polar surface area (TPSA) is 0 Å². The Hall–Kier alpha value is 0. The van der Waals surface area contributed by atoms with E-state index in [4.69, 9.17) is 0 Å². The van der Waals surface area contributed by atoms with Gasteiger partial charge in [-0.3, -0.25) is 0 Å². The fraction of sp³-hybridized carbons (Fsp3) is 0.875. The van der Waals surface area contributed by atoms with Crippen LogP contribution in [0.4, 0.5) is 0 Å². The van der Waals surface area contributed by atoms with E-state index in [1.165, 1.54) is 12.8 Å². The zero-order chi connectivity index (χ0) is 6.57. The van der Waals surface area contributed by atoms with Gasteiger partial charge in [0.15, 0.2) is 0 Å². The first-order valence-electron chi connectivity index (χ1n) is 3.52. The molecule has 0 heterocycles. The SMILES string of the molecule is CCC(CC)[C-](C)C. The predicted molar refractivity (Wildman–Crippen MR) is 38.7 cm³/mol. The lowest BCUT2D eigenvalue weighted by Crippen LogP contribution is -2.02. The molecule has 0 fully saturated rings. The average molecular weight is 113 g/mol. The van der Waals surface area contributed by atoms with Gasteiger partial charge in [-0.15, -0.1) is 0 Å². The minimum Gasteiger partial charge on any atom is -0.317 e. The van der Waals surface area contributed by atoms with E-state index < -0.39 is 0 Å². The maximum Gasteiger partial charge on any atom is -0.0676 e. The van der Waals surface area contributed by atoms with Crippen LogP contribution in [0.15, 0.2) is 0 Å². The molecule has 0 aliphatic heterocycles. The predicted octanol–water partition coefficient (Wildman–Crippen LogP) is 3.04. The van der Waals surface area contributed by atoms with Gasteiger partial charge in [-0.05, 0) is 0 Å². The Labute approximate surface area is 53.3 Å². The molecule has 0 aromatic rings. The van der Waals surface area contributed by atoms with Crippen molar-refractivity contribution in [2.75, 3.05) is 0 Å². The molecular weight excluding hydrogens is 96.1 g/mol. The zero-order valence-corrected chi connectivity index (χ0v) is 6.49. The number of hydrogen-bond acceptors (Lipinski definition) is 0. The maximum atomic E-state index is 2.25. The van der Waals surface area contributed by atoms with Crippen molar-refractivity contribution in [1.29, 1.82) is 0 Å². The molecule has 0 amide bonds. The highest BCUT2D eigenvalue weighted by atomic mass is 14.1. The van der Waals surface area contributed by atoms with Crippen LogP contribution >= 0.6 is 0 Å². The summed E-state index contributed by atoms with van der Waals surface area (Å²) in [5, 5.41) is 0. The second-order valence-electron chi connectivity index (χ2n) is 2.59. The van der Waals surface area contributed by atoms with Crippen molar-refractivity contribution in [3.63, 3.8) is 0 Å². The molecule has 0 aliphatic rings. The molecule has 8 heavy (non-hydrogen) atoms. The summed E-state index contributed by atoms with van der Waals surface area (Å²) < 4.78 is 0. The first kappa shape index (κ1) is 8.00. The largest absolute Gasteiger partial charge is 0.317 e. The van der Waals surface area contributed by atoms with Gasteiger partial charge in [-0.25, -0.2) is 0 Å². The molecule has 0 saturated heterocycles. The van der Waals surface area contributed by atoms with Gasteiger partial charge in [0, 0.05) is 0 Å². The van der Waals surface area contributed by atoms with Crippen molar-refractivity contribution in [3.8, 4) is 0 Å². The molecule has 0 aliphatic carbocycles.